The number of hydrogen-bond acceptors (Lipinski definition) is 2. The zero-order chi connectivity index (χ0) is 14.4. The first-order valence-electron chi connectivity index (χ1n) is 6.50. The minimum atomic E-state index is -0.844. The lowest BCUT2D eigenvalue weighted by atomic mass is 10.0. The highest BCUT2D eigenvalue weighted by Gasteiger charge is 2.11. The average Bonchev–Trinajstić information content (AvgIpc) is 2.35. The van der Waals surface area contributed by atoms with E-state index in [-0.39, 0.29) is 18.2 Å². The Morgan fingerprint density at radius 1 is 1.16 bits per heavy atom. The summed E-state index contributed by atoms with van der Waals surface area (Å²) in [7, 11) is 0. The van der Waals surface area contributed by atoms with Crippen molar-refractivity contribution in [1.82, 2.24) is 5.32 Å². The fourth-order valence-corrected chi connectivity index (χ4v) is 1.76. The normalized spacial score (nSPS) is 12.2. The van der Waals surface area contributed by atoms with E-state index in [0.717, 1.165) is 0 Å². The molecule has 0 radical (unpaired) electrons. The van der Waals surface area contributed by atoms with Gasteiger partial charge in [-0.3, -0.25) is 9.59 Å². The van der Waals surface area contributed by atoms with Crippen LogP contribution in [0.5, 0.6) is 0 Å². The van der Waals surface area contributed by atoms with E-state index in [1.54, 1.807) is 19.1 Å². The molecule has 2 N–H and O–H groups in total. The number of carboxylic acids is 1. The molecule has 0 bridgehead atoms. The van der Waals surface area contributed by atoms with Crippen LogP contribution >= 0.6 is 0 Å². The first kappa shape index (κ1) is 15.2. The molecule has 1 aromatic carbocycles. The Labute approximate surface area is 113 Å². The van der Waals surface area contributed by atoms with Crippen LogP contribution in [0.15, 0.2) is 24.3 Å². The van der Waals surface area contributed by atoms with Gasteiger partial charge < -0.3 is 10.4 Å². The molecule has 104 valence electrons. The Morgan fingerprint density at radius 2 is 1.74 bits per heavy atom. The molecule has 0 aliphatic rings. The van der Waals surface area contributed by atoms with Crippen LogP contribution in [-0.4, -0.2) is 23.5 Å². The van der Waals surface area contributed by atoms with Crippen molar-refractivity contribution in [2.24, 2.45) is 5.92 Å². The number of carboxylic acid groups (broad SMARTS) is 1. The molecule has 0 fully saturated rings. The molecule has 0 aliphatic heterocycles. The Balaban J connectivity index is 2.51. The van der Waals surface area contributed by atoms with E-state index in [1.807, 2.05) is 12.1 Å². The first-order chi connectivity index (χ1) is 8.90. The van der Waals surface area contributed by atoms with Gasteiger partial charge in [0.15, 0.2) is 0 Å². The molecular weight excluding hydrogens is 242 g/mol. The first-order valence-corrected chi connectivity index (χ1v) is 6.50. The monoisotopic (exact) mass is 263 g/mol. The van der Waals surface area contributed by atoms with Gasteiger partial charge in [0.2, 0.25) is 0 Å². The Kier molecular flexibility index (Phi) is 5.55. The topological polar surface area (TPSA) is 66.4 Å². The van der Waals surface area contributed by atoms with E-state index in [4.69, 9.17) is 5.11 Å². The van der Waals surface area contributed by atoms with E-state index in [2.05, 4.69) is 19.2 Å². The molecule has 1 unspecified atom stereocenters. The van der Waals surface area contributed by atoms with Gasteiger partial charge in [0.25, 0.3) is 5.91 Å². The number of aliphatic carboxylic acids is 1. The van der Waals surface area contributed by atoms with Crippen LogP contribution in [0.2, 0.25) is 0 Å². The fraction of sp³-hybridized carbons (Fsp3) is 0.467. The fourth-order valence-electron chi connectivity index (χ4n) is 1.76. The molecule has 1 atom stereocenters. The molecule has 4 nitrogen and oxygen atoms in total. The second kappa shape index (κ2) is 6.92. The molecule has 0 spiro atoms. The highest BCUT2D eigenvalue weighted by Crippen LogP contribution is 2.14. The third-order valence-electron chi connectivity index (χ3n) is 2.97. The summed E-state index contributed by atoms with van der Waals surface area (Å²) in [6.07, 6.45) is 0.0621. The van der Waals surface area contributed by atoms with Crippen LogP contribution in [0, 0.1) is 5.92 Å². The average molecular weight is 263 g/mol. The van der Waals surface area contributed by atoms with Crippen molar-refractivity contribution in [2.75, 3.05) is 6.54 Å². The maximum Gasteiger partial charge on any atom is 0.303 e. The summed E-state index contributed by atoms with van der Waals surface area (Å²) in [6, 6.07) is 7.49. The van der Waals surface area contributed by atoms with Crippen molar-refractivity contribution in [2.45, 2.75) is 33.1 Å². The van der Waals surface area contributed by atoms with Gasteiger partial charge in [0.05, 0.1) is 0 Å². The number of benzene rings is 1. The molecule has 0 saturated heterocycles. The number of rotatable bonds is 6. The van der Waals surface area contributed by atoms with Gasteiger partial charge in [-0.15, -0.1) is 0 Å². The number of amides is 1. The second-order valence-electron chi connectivity index (χ2n) is 5.19. The van der Waals surface area contributed by atoms with Gasteiger partial charge in [0.1, 0.15) is 0 Å². The Morgan fingerprint density at radius 3 is 2.21 bits per heavy atom. The predicted molar refractivity (Wildman–Crippen MR) is 74.3 cm³/mol. The van der Waals surface area contributed by atoms with Crippen molar-refractivity contribution in [1.29, 1.82) is 0 Å². The van der Waals surface area contributed by atoms with Crippen molar-refractivity contribution < 1.29 is 14.7 Å². The SMILES string of the molecule is CC(CNC(=O)c1ccc(C(C)C)cc1)CC(=O)O. The molecule has 1 rings (SSSR count). The van der Waals surface area contributed by atoms with Crippen LogP contribution in [0.3, 0.4) is 0 Å². The summed E-state index contributed by atoms with van der Waals surface area (Å²) in [5.41, 5.74) is 1.79. The minimum absolute atomic E-state index is 0.0621. The van der Waals surface area contributed by atoms with Crippen molar-refractivity contribution in [3.8, 4) is 0 Å². The number of hydrogen-bond donors (Lipinski definition) is 2. The lowest BCUT2D eigenvalue weighted by molar-refractivity contribution is -0.137. The summed E-state index contributed by atoms with van der Waals surface area (Å²) >= 11 is 0. The molecule has 4 heteroatoms. The standard InChI is InChI=1S/C15H21NO3/c1-10(2)12-4-6-13(7-5-12)15(19)16-9-11(3)8-14(17)18/h4-7,10-11H,8-9H2,1-3H3,(H,16,19)(H,17,18). The summed E-state index contributed by atoms with van der Waals surface area (Å²) in [6.45, 7) is 6.37. The van der Waals surface area contributed by atoms with Gasteiger partial charge in [-0.1, -0.05) is 32.9 Å². The largest absolute Gasteiger partial charge is 0.481 e. The smallest absolute Gasteiger partial charge is 0.303 e. The molecule has 1 aromatic rings. The van der Waals surface area contributed by atoms with E-state index in [9.17, 15) is 9.59 Å². The van der Waals surface area contributed by atoms with Crippen molar-refractivity contribution in [3.05, 3.63) is 35.4 Å². The van der Waals surface area contributed by atoms with Crippen LogP contribution in [0.1, 0.15) is 49.0 Å². The van der Waals surface area contributed by atoms with Crippen molar-refractivity contribution >= 4 is 11.9 Å². The third-order valence-corrected chi connectivity index (χ3v) is 2.97. The molecule has 0 aliphatic carbocycles. The van der Waals surface area contributed by atoms with Crippen LogP contribution in [-0.2, 0) is 4.79 Å². The molecular formula is C15H21NO3. The Hall–Kier alpha value is -1.84. The van der Waals surface area contributed by atoms with Gasteiger partial charge >= 0.3 is 5.97 Å². The molecule has 1 amide bonds. The van der Waals surface area contributed by atoms with E-state index in [0.29, 0.717) is 18.0 Å². The van der Waals surface area contributed by atoms with E-state index < -0.39 is 5.97 Å². The summed E-state index contributed by atoms with van der Waals surface area (Å²) in [5, 5.41) is 11.4. The van der Waals surface area contributed by atoms with Gasteiger partial charge in [-0.05, 0) is 29.5 Å². The number of carbonyl (C=O) groups is 2. The van der Waals surface area contributed by atoms with Crippen LogP contribution < -0.4 is 5.32 Å². The quantitative estimate of drug-likeness (QED) is 0.829. The highest BCUT2D eigenvalue weighted by molar-refractivity contribution is 5.94. The van der Waals surface area contributed by atoms with Crippen LogP contribution in [0.25, 0.3) is 0 Å². The molecule has 0 aromatic heterocycles. The van der Waals surface area contributed by atoms with E-state index >= 15 is 0 Å². The minimum Gasteiger partial charge on any atom is -0.481 e. The summed E-state index contributed by atoms with van der Waals surface area (Å²) in [5.74, 6) is -0.639. The number of carbonyl (C=O) groups excluding carboxylic acids is 1. The van der Waals surface area contributed by atoms with Gasteiger partial charge in [-0.2, -0.15) is 0 Å². The zero-order valence-electron chi connectivity index (χ0n) is 11.6. The predicted octanol–water partition coefficient (Wildman–Crippen LogP) is 2.65. The molecule has 0 saturated carbocycles. The van der Waals surface area contributed by atoms with Gasteiger partial charge in [0, 0.05) is 18.5 Å². The Bertz CT molecular complexity index is 437. The lowest BCUT2D eigenvalue weighted by Gasteiger charge is -2.11. The van der Waals surface area contributed by atoms with Gasteiger partial charge in [-0.25, -0.2) is 0 Å². The molecule has 0 heterocycles. The highest BCUT2D eigenvalue weighted by atomic mass is 16.4. The maximum absolute atomic E-state index is 11.9. The second-order valence-corrected chi connectivity index (χ2v) is 5.19. The third kappa shape index (κ3) is 5.12. The maximum atomic E-state index is 11.9. The number of nitrogens with one attached hydrogen (secondary N) is 1. The van der Waals surface area contributed by atoms with Crippen molar-refractivity contribution in [3.63, 3.8) is 0 Å². The molecule has 19 heavy (non-hydrogen) atoms. The van der Waals surface area contributed by atoms with E-state index in [1.165, 1.54) is 5.56 Å². The summed E-state index contributed by atoms with van der Waals surface area (Å²) < 4.78 is 0. The lowest BCUT2D eigenvalue weighted by Crippen LogP contribution is -2.29. The summed E-state index contributed by atoms with van der Waals surface area (Å²) in [4.78, 5) is 22.4. The van der Waals surface area contributed by atoms with Crippen LogP contribution in [0.4, 0.5) is 0 Å². The zero-order valence-corrected chi connectivity index (χ0v) is 11.6.